The predicted molar refractivity (Wildman–Crippen MR) is 236 cm³/mol. The van der Waals surface area contributed by atoms with Crippen LogP contribution in [0.3, 0.4) is 0 Å². The lowest BCUT2D eigenvalue weighted by Gasteiger charge is -2.38. The maximum absolute atomic E-state index is 15.1. The van der Waals surface area contributed by atoms with Crippen molar-refractivity contribution >= 4 is 41.2 Å². The number of imidazole rings is 1. The van der Waals surface area contributed by atoms with Crippen molar-refractivity contribution in [3.8, 4) is 0 Å². The number of nitrogens with zero attached hydrogens (tertiary/aromatic N) is 4. The average Bonchev–Trinajstić information content (AvgIpc) is 3.70. The van der Waals surface area contributed by atoms with Gasteiger partial charge in [-0.3, -0.25) is 9.69 Å². The van der Waals surface area contributed by atoms with Crippen LogP contribution in [-0.2, 0) is 34.6 Å². The van der Waals surface area contributed by atoms with E-state index in [4.69, 9.17) is 32.9 Å². The molecule has 60 heavy (non-hydrogen) atoms. The lowest BCUT2D eigenvalue weighted by atomic mass is 9.77. The van der Waals surface area contributed by atoms with E-state index in [0.717, 1.165) is 16.7 Å². The first-order chi connectivity index (χ1) is 28.7. The number of ether oxygens (including phenoxy) is 1. The Hall–Kier alpha value is -5.90. The van der Waals surface area contributed by atoms with E-state index in [0.29, 0.717) is 33.3 Å². The van der Waals surface area contributed by atoms with Crippen LogP contribution >= 0.6 is 23.2 Å². The van der Waals surface area contributed by atoms with Gasteiger partial charge in [-0.15, -0.1) is 0 Å². The van der Waals surface area contributed by atoms with Gasteiger partial charge in [0.2, 0.25) is 5.91 Å². The molecule has 0 aliphatic carbocycles. The summed E-state index contributed by atoms with van der Waals surface area (Å²) in [6.45, 7) is 9.33. The Morgan fingerprint density at radius 3 is 1.87 bits per heavy atom. The summed E-state index contributed by atoms with van der Waals surface area (Å²) in [4.78, 5) is 49.3. The van der Waals surface area contributed by atoms with Gasteiger partial charge in [-0.25, -0.2) is 14.6 Å². The molecule has 0 radical (unpaired) electrons. The van der Waals surface area contributed by atoms with Gasteiger partial charge < -0.3 is 19.3 Å². The van der Waals surface area contributed by atoms with Crippen LogP contribution in [0.2, 0.25) is 10.0 Å². The molecule has 0 aliphatic rings. The zero-order valence-electron chi connectivity index (χ0n) is 34.5. The minimum Gasteiger partial charge on any atom is -0.478 e. The molecule has 1 atom stereocenters. The second-order valence-electron chi connectivity index (χ2n) is 16.1. The first-order valence-electron chi connectivity index (χ1n) is 19.9. The third-order valence-corrected chi connectivity index (χ3v) is 11.2. The predicted octanol–water partition coefficient (Wildman–Crippen LogP) is 10.8. The summed E-state index contributed by atoms with van der Waals surface area (Å²) in [5.74, 6) is -1.82. The molecule has 0 bridgehead atoms. The summed E-state index contributed by atoms with van der Waals surface area (Å²) in [6, 6.07) is 41.5. The summed E-state index contributed by atoms with van der Waals surface area (Å²) in [7, 11) is 0. The van der Waals surface area contributed by atoms with Crippen LogP contribution in [0.1, 0.15) is 78.5 Å². The van der Waals surface area contributed by atoms with Gasteiger partial charge in [0.05, 0.1) is 27.6 Å². The molecule has 1 heterocycles. The third kappa shape index (κ3) is 9.92. The van der Waals surface area contributed by atoms with Gasteiger partial charge in [-0.1, -0.05) is 152 Å². The van der Waals surface area contributed by atoms with Crippen LogP contribution in [0, 0.1) is 5.92 Å². The molecule has 5 aromatic carbocycles. The summed E-state index contributed by atoms with van der Waals surface area (Å²) >= 11 is 13.1. The Morgan fingerprint density at radius 1 is 0.767 bits per heavy atom. The number of carbonyl (C=O) groups excluding carboxylic acids is 2. The monoisotopic (exact) mass is 844 g/mol. The molecule has 0 fully saturated rings. The van der Waals surface area contributed by atoms with Gasteiger partial charge >= 0.3 is 12.1 Å². The summed E-state index contributed by atoms with van der Waals surface area (Å²) in [5, 5.41) is 10.4. The normalized spacial score (nSPS) is 12.2. The lowest BCUT2D eigenvalue weighted by molar-refractivity contribution is -0.140. The molecule has 0 aliphatic heterocycles. The molecular weight excluding hydrogens is 795 g/mol. The van der Waals surface area contributed by atoms with E-state index in [2.05, 4.69) is 41.0 Å². The maximum Gasteiger partial charge on any atom is 0.410 e. The van der Waals surface area contributed by atoms with Gasteiger partial charge in [0, 0.05) is 32.3 Å². The number of carbonyl (C=O) groups is 3. The van der Waals surface area contributed by atoms with Gasteiger partial charge in [-0.05, 0) is 72.7 Å². The van der Waals surface area contributed by atoms with Gasteiger partial charge in [0.25, 0.3) is 0 Å². The Bertz CT molecular complexity index is 2300. The zero-order valence-corrected chi connectivity index (χ0v) is 36.0. The third-order valence-electron chi connectivity index (χ3n) is 10.3. The standard InChI is InChI=1S/C49H50Cl2N4O5/c1-34(2)44(45(56)53(31-37-19-16-26-42(50)43(37)51)30-35-17-15-18-36(29-35)46(57)58)55(47(59)60-48(3,4)5)28-27-41-32-54(33-52-41)49(38-20-9-6-10-21-38,39-22-11-7-12-23-39)40-24-13-8-14-25-40/h6-26,29,32-34,44H,27-28,30-31H2,1-5H3,(H,57,58). The Morgan fingerprint density at radius 2 is 1.33 bits per heavy atom. The largest absolute Gasteiger partial charge is 0.478 e. The molecule has 0 saturated heterocycles. The van der Waals surface area contributed by atoms with Gasteiger partial charge in [0.15, 0.2) is 0 Å². The zero-order chi connectivity index (χ0) is 43.0. The Kier molecular flexibility index (Phi) is 13.8. The van der Waals surface area contributed by atoms with Crippen molar-refractivity contribution in [3.05, 3.63) is 195 Å². The van der Waals surface area contributed by atoms with Crippen molar-refractivity contribution in [1.29, 1.82) is 0 Å². The highest BCUT2D eigenvalue weighted by atomic mass is 35.5. The Balaban J connectivity index is 1.39. The molecule has 6 aromatic rings. The molecule has 1 N–H and O–H groups in total. The molecule has 1 unspecified atom stereocenters. The van der Waals surface area contributed by atoms with Crippen LogP contribution in [0.15, 0.2) is 146 Å². The minimum atomic E-state index is -1.08. The number of rotatable bonds is 15. The number of aromatic nitrogens is 2. The summed E-state index contributed by atoms with van der Waals surface area (Å²) in [5.41, 5.74) is 3.48. The van der Waals surface area contributed by atoms with Gasteiger partial charge in [-0.2, -0.15) is 0 Å². The van der Waals surface area contributed by atoms with Crippen molar-refractivity contribution < 1.29 is 24.2 Å². The lowest BCUT2D eigenvalue weighted by Crippen LogP contribution is -2.54. The fourth-order valence-corrected chi connectivity index (χ4v) is 8.02. The number of carboxylic acids is 1. The van der Waals surface area contributed by atoms with E-state index in [-0.39, 0.29) is 37.0 Å². The van der Waals surface area contributed by atoms with Crippen molar-refractivity contribution in [2.75, 3.05) is 6.54 Å². The van der Waals surface area contributed by atoms with Crippen molar-refractivity contribution in [3.63, 3.8) is 0 Å². The molecule has 6 rings (SSSR count). The second kappa shape index (κ2) is 19.0. The quantitative estimate of drug-likeness (QED) is 0.103. The molecule has 0 spiro atoms. The molecule has 2 amide bonds. The van der Waals surface area contributed by atoms with E-state index >= 15 is 4.79 Å². The molecule has 9 nitrogen and oxygen atoms in total. The first kappa shape index (κ1) is 43.7. The fraction of sp³-hybridized carbons (Fsp3) is 0.265. The van der Waals surface area contributed by atoms with E-state index in [9.17, 15) is 14.7 Å². The highest BCUT2D eigenvalue weighted by Crippen LogP contribution is 2.41. The average molecular weight is 846 g/mol. The SMILES string of the molecule is CC(C)C(C(=O)N(Cc1cccc(C(=O)O)c1)Cc1cccc(Cl)c1Cl)N(CCc1cn(C(c2ccccc2)(c2ccccc2)c2ccccc2)cn1)C(=O)OC(C)(C)C. The number of hydrogen-bond acceptors (Lipinski definition) is 5. The van der Waals surface area contributed by atoms with Crippen molar-refractivity contribution in [1.82, 2.24) is 19.4 Å². The van der Waals surface area contributed by atoms with Crippen LogP contribution in [0.25, 0.3) is 0 Å². The number of benzene rings is 5. The topological polar surface area (TPSA) is 105 Å². The highest BCUT2D eigenvalue weighted by Gasteiger charge is 2.40. The van der Waals surface area contributed by atoms with Crippen LogP contribution < -0.4 is 0 Å². The molecule has 0 saturated carbocycles. The van der Waals surface area contributed by atoms with E-state index in [1.165, 1.54) is 17.0 Å². The number of carboxylic acid groups (broad SMARTS) is 1. The molecule has 310 valence electrons. The fourth-order valence-electron chi connectivity index (χ4n) is 7.64. The maximum atomic E-state index is 15.1. The molecule has 1 aromatic heterocycles. The Labute approximate surface area is 362 Å². The number of aromatic carboxylic acids is 1. The number of hydrogen-bond donors (Lipinski definition) is 1. The van der Waals surface area contributed by atoms with Crippen LogP contribution in [-0.4, -0.2) is 60.6 Å². The van der Waals surface area contributed by atoms with Crippen molar-refractivity contribution in [2.24, 2.45) is 5.92 Å². The molecular formula is C49H50Cl2N4O5. The number of halogens is 2. The van der Waals surface area contributed by atoms with E-state index < -0.39 is 29.2 Å². The van der Waals surface area contributed by atoms with E-state index in [1.54, 1.807) is 56.0 Å². The van der Waals surface area contributed by atoms with Crippen LogP contribution in [0.4, 0.5) is 4.79 Å². The highest BCUT2D eigenvalue weighted by molar-refractivity contribution is 6.42. The first-order valence-corrected chi connectivity index (χ1v) is 20.7. The van der Waals surface area contributed by atoms with Gasteiger partial charge in [0.1, 0.15) is 17.2 Å². The van der Waals surface area contributed by atoms with E-state index in [1.807, 2.05) is 81.0 Å². The number of amides is 2. The summed E-state index contributed by atoms with van der Waals surface area (Å²) < 4.78 is 8.10. The minimum absolute atomic E-state index is 0.0408. The van der Waals surface area contributed by atoms with Crippen molar-refractivity contribution in [2.45, 2.75) is 71.3 Å². The summed E-state index contributed by atoms with van der Waals surface area (Å²) in [6.07, 6.45) is 3.50. The van der Waals surface area contributed by atoms with Crippen LogP contribution in [0.5, 0.6) is 0 Å². The molecule has 11 heteroatoms. The smallest absolute Gasteiger partial charge is 0.410 e. The second-order valence-corrected chi connectivity index (χ2v) is 16.9.